The Hall–Kier alpha value is -3.40. The Morgan fingerprint density at radius 1 is 0.844 bits per heavy atom. The van der Waals surface area contributed by atoms with Crippen molar-refractivity contribution in [3.63, 3.8) is 0 Å². The zero-order chi connectivity index (χ0) is 23.8. The molecular formula is C22H26O10. The molecule has 0 unspecified atom stereocenters. The summed E-state index contributed by atoms with van der Waals surface area (Å²) < 4.78 is 32.7. The molecule has 10 heteroatoms. The van der Waals surface area contributed by atoms with Gasteiger partial charge in [0.05, 0.1) is 0 Å². The molecule has 10 nitrogen and oxygen atoms in total. The third-order valence-corrected chi connectivity index (χ3v) is 4.32. The molecule has 1 aromatic rings. The lowest BCUT2D eigenvalue weighted by atomic mass is 9.98. The number of esters is 4. The monoisotopic (exact) mass is 450 g/mol. The first-order valence-electron chi connectivity index (χ1n) is 9.80. The first-order valence-corrected chi connectivity index (χ1v) is 9.80. The summed E-state index contributed by atoms with van der Waals surface area (Å²) in [5, 5.41) is 0. The van der Waals surface area contributed by atoms with Crippen molar-refractivity contribution < 1.29 is 47.6 Å². The molecule has 1 saturated heterocycles. The highest BCUT2D eigenvalue weighted by Crippen LogP contribution is 2.31. The second-order valence-corrected chi connectivity index (χ2v) is 6.96. The highest BCUT2D eigenvalue weighted by Gasteiger charge is 2.53. The molecule has 174 valence electrons. The van der Waals surface area contributed by atoms with E-state index >= 15 is 0 Å². The summed E-state index contributed by atoms with van der Waals surface area (Å²) in [6.45, 7) is 8.01. The third-order valence-electron chi connectivity index (χ3n) is 4.32. The second kappa shape index (κ2) is 11.3. The predicted octanol–water partition coefficient (Wildman–Crippen LogP) is 1.79. The van der Waals surface area contributed by atoms with Crippen LogP contribution in [0, 0.1) is 0 Å². The van der Waals surface area contributed by atoms with E-state index in [4.69, 9.17) is 28.4 Å². The number of rotatable bonds is 8. The van der Waals surface area contributed by atoms with E-state index in [1.54, 1.807) is 30.3 Å². The fourth-order valence-corrected chi connectivity index (χ4v) is 3.10. The first kappa shape index (κ1) is 24.9. The average molecular weight is 450 g/mol. The summed E-state index contributed by atoms with van der Waals surface area (Å²) in [6, 6.07) is 6.78. The Labute approximate surface area is 185 Å². The Kier molecular flexibility index (Phi) is 8.77. The van der Waals surface area contributed by atoms with E-state index in [-0.39, 0.29) is 6.61 Å². The van der Waals surface area contributed by atoms with Gasteiger partial charge in [0.2, 0.25) is 12.4 Å². The van der Waals surface area contributed by atoms with Crippen LogP contribution in [0.3, 0.4) is 0 Å². The number of ether oxygens (including phenoxy) is 6. The molecule has 0 bridgehead atoms. The zero-order valence-corrected chi connectivity index (χ0v) is 18.3. The smallest absolute Gasteiger partial charge is 0.303 e. The van der Waals surface area contributed by atoms with Gasteiger partial charge in [-0.05, 0) is 17.7 Å². The van der Waals surface area contributed by atoms with Gasteiger partial charge in [-0.2, -0.15) is 0 Å². The summed E-state index contributed by atoms with van der Waals surface area (Å²) in [5.41, 5.74) is 0.846. The van der Waals surface area contributed by atoms with Crippen LogP contribution in [-0.4, -0.2) is 61.2 Å². The topological polar surface area (TPSA) is 124 Å². The molecule has 1 aromatic carbocycles. The lowest BCUT2D eigenvalue weighted by molar-refractivity contribution is -0.288. The molecule has 1 heterocycles. The van der Waals surface area contributed by atoms with Gasteiger partial charge in [-0.3, -0.25) is 19.2 Å². The molecule has 0 saturated carbocycles. The first-order chi connectivity index (χ1) is 15.1. The van der Waals surface area contributed by atoms with Crippen LogP contribution in [0.25, 0.3) is 6.08 Å². The van der Waals surface area contributed by atoms with Crippen molar-refractivity contribution in [2.24, 2.45) is 0 Å². The second-order valence-electron chi connectivity index (χ2n) is 6.96. The minimum atomic E-state index is -1.29. The highest BCUT2D eigenvalue weighted by atomic mass is 16.7. The lowest BCUT2D eigenvalue weighted by Gasteiger charge is -2.43. The van der Waals surface area contributed by atoms with Crippen LogP contribution in [0.15, 0.2) is 30.8 Å². The van der Waals surface area contributed by atoms with Crippen LogP contribution in [0.5, 0.6) is 5.75 Å². The van der Waals surface area contributed by atoms with Crippen molar-refractivity contribution in [2.75, 3.05) is 6.61 Å². The summed E-state index contributed by atoms with van der Waals surface area (Å²) in [7, 11) is 0. The molecule has 1 fully saturated rings. The van der Waals surface area contributed by atoms with Crippen LogP contribution < -0.4 is 4.74 Å². The lowest BCUT2D eigenvalue weighted by Crippen LogP contribution is -2.63. The van der Waals surface area contributed by atoms with E-state index in [2.05, 4.69) is 6.58 Å². The molecule has 1 aliphatic rings. The van der Waals surface area contributed by atoms with E-state index in [1.807, 2.05) is 0 Å². The SMILES string of the molecule is C=Cc1ccc(O[C@@H]2O[C@@H](COC(C)=O)[C@@H](OC(C)=O)[C@H](OC(C)=O)[C@@H]2OC(C)=O)cc1. The summed E-state index contributed by atoms with van der Waals surface area (Å²) in [6.07, 6.45) is -4.50. The minimum absolute atomic E-state index is 0.326. The fourth-order valence-electron chi connectivity index (χ4n) is 3.10. The number of benzene rings is 1. The van der Waals surface area contributed by atoms with Crippen LogP contribution in [0.2, 0.25) is 0 Å². The molecule has 5 atom stereocenters. The van der Waals surface area contributed by atoms with Crippen molar-refractivity contribution in [1.82, 2.24) is 0 Å². The highest BCUT2D eigenvalue weighted by molar-refractivity contribution is 5.68. The van der Waals surface area contributed by atoms with Crippen LogP contribution in [-0.2, 0) is 42.9 Å². The maximum absolute atomic E-state index is 11.8. The van der Waals surface area contributed by atoms with Crippen molar-refractivity contribution in [2.45, 2.75) is 58.4 Å². The number of hydrogen-bond donors (Lipinski definition) is 0. The number of carbonyl (C=O) groups is 4. The normalized spacial score (nSPS) is 24.6. The Morgan fingerprint density at radius 2 is 1.38 bits per heavy atom. The standard InChI is InChI=1S/C22H26O10/c1-6-16-7-9-17(10-8-16)31-22-21(30-15(5)26)20(29-14(4)25)19(28-13(3)24)18(32-22)11-27-12(2)23/h6-10,18-22H,1,11H2,2-5H3/t18-,19+,20-,21-,22+/m0/s1. The molecule has 0 spiro atoms. The van der Waals surface area contributed by atoms with Crippen LogP contribution in [0.4, 0.5) is 0 Å². The Morgan fingerprint density at radius 3 is 1.88 bits per heavy atom. The maximum Gasteiger partial charge on any atom is 0.303 e. The van der Waals surface area contributed by atoms with Gasteiger partial charge >= 0.3 is 23.9 Å². The van der Waals surface area contributed by atoms with Gasteiger partial charge in [-0.25, -0.2) is 0 Å². The molecule has 32 heavy (non-hydrogen) atoms. The van der Waals surface area contributed by atoms with Gasteiger partial charge < -0.3 is 28.4 Å². The van der Waals surface area contributed by atoms with E-state index in [0.717, 1.165) is 26.3 Å². The van der Waals surface area contributed by atoms with Gasteiger partial charge in [0, 0.05) is 27.7 Å². The molecule has 0 amide bonds. The van der Waals surface area contributed by atoms with Gasteiger partial charge in [-0.15, -0.1) is 0 Å². The van der Waals surface area contributed by atoms with E-state index < -0.39 is 54.6 Å². The molecular weight excluding hydrogens is 424 g/mol. The molecule has 2 rings (SSSR count). The number of carbonyl (C=O) groups excluding carboxylic acids is 4. The fraction of sp³-hybridized carbons (Fsp3) is 0.455. The minimum Gasteiger partial charge on any atom is -0.463 e. The van der Waals surface area contributed by atoms with Crippen molar-refractivity contribution in [3.05, 3.63) is 36.4 Å². The Balaban J connectivity index is 2.43. The van der Waals surface area contributed by atoms with Gasteiger partial charge in [0.25, 0.3) is 0 Å². The van der Waals surface area contributed by atoms with Crippen molar-refractivity contribution in [1.29, 1.82) is 0 Å². The van der Waals surface area contributed by atoms with Crippen LogP contribution in [0.1, 0.15) is 33.3 Å². The summed E-state index contributed by atoms with van der Waals surface area (Å²) in [4.78, 5) is 46.6. The Bertz CT molecular complexity index is 847. The van der Waals surface area contributed by atoms with Gasteiger partial charge in [0.1, 0.15) is 18.5 Å². The molecule has 0 radical (unpaired) electrons. The van der Waals surface area contributed by atoms with Crippen molar-refractivity contribution >= 4 is 30.0 Å². The number of hydrogen-bond acceptors (Lipinski definition) is 10. The van der Waals surface area contributed by atoms with Crippen LogP contribution >= 0.6 is 0 Å². The maximum atomic E-state index is 11.8. The third kappa shape index (κ3) is 7.09. The van der Waals surface area contributed by atoms with E-state index in [9.17, 15) is 19.2 Å². The van der Waals surface area contributed by atoms with Gasteiger partial charge in [-0.1, -0.05) is 24.8 Å². The molecule has 0 N–H and O–H groups in total. The van der Waals surface area contributed by atoms with E-state index in [0.29, 0.717) is 5.75 Å². The molecule has 0 aromatic heterocycles. The zero-order valence-electron chi connectivity index (χ0n) is 18.3. The van der Waals surface area contributed by atoms with Gasteiger partial charge in [0.15, 0.2) is 12.2 Å². The average Bonchev–Trinajstić information content (AvgIpc) is 2.70. The quantitative estimate of drug-likeness (QED) is 0.428. The molecule has 0 aliphatic carbocycles. The largest absolute Gasteiger partial charge is 0.463 e. The predicted molar refractivity (Wildman–Crippen MR) is 109 cm³/mol. The molecule has 1 aliphatic heterocycles. The van der Waals surface area contributed by atoms with E-state index in [1.165, 1.54) is 6.92 Å². The summed E-state index contributed by atoms with van der Waals surface area (Å²) in [5.74, 6) is -2.36. The summed E-state index contributed by atoms with van der Waals surface area (Å²) >= 11 is 0. The van der Waals surface area contributed by atoms with Crippen molar-refractivity contribution in [3.8, 4) is 5.75 Å².